The molecule has 3 nitrogen and oxygen atoms in total. The number of hydrogen-bond acceptors (Lipinski definition) is 3. The fraction of sp³-hybridized carbons (Fsp3) is 0.182. The van der Waals surface area contributed by atoms with Gasteiger partial charge in [-0.1, -0.05) is 36.4 Å². The Morgan fingerprint density at radius 3 is 1.44 bits per heavy atom. The molecule has 0 unspecified atom stereocenters. The lowest BCUT2D eigenvalue weighted by atomic mass is 9.88. The summed E-state index contributed by atoms with van der Waals surface area (Å²) in [6, 6.07) is 11.4. The molecular weight excluding hydrogens is 312 g/mol. The molecule has 0 bridgehead atoms. The van der Waals surface area contributed by atoms with Crippen LogP contribution >= 0.6 is 0 Å². The summed E-state index contributed by atoms with van der Waals surface area (Å²) in [4.78, 5) is 22.7. The molecule has 1 aromatic heterocycles. The summed E-state index contributed by atoms with van der Waals surface area (Å²) in [5.74, 6) is 1.60. The van der Waals surface area contributed by atoms with Crippen molar-refractivity contribution in [3.63, 3.8) is 0 Å². The van der Waals surface area contributed by atoms with Crippen LogP contribution in [0.2, 0.25) is 0 Å². The van der Waals surface area contributed by atoms with E-state index in [1.807, 2.05) is 64.1 Å². The number of aryl methyl sites for hydroxylation is 2. The van der Waals surface area contributed by atoms with Crippen molar-refractivity contribution in [1.29, 1.82) is 0 Å². The van der Waals surface area contributed by atoms with Crippen LogP contribution in [-0.4, -0.2) is 12.6 Å². The maximum absolute atomic E-state index is 11.3. The second-order valence-electron chi connectivity index (χ2n) is 6.24. The van der Waals surface area contributed by atoms with Gasteiger partial charge >= 0.3 is 0 Å². The Bertz CT molecular complexity index is 899. The Morgan fingerprint density at radius 1 is 0.680 bits per heavy atom. The summed E-state index contributed by atoms with van der Waals surface area (Å²) in [6.45, 7) is 7.74. The first-order chi connectivity index (χ1) is 12.0. The number of furan rings is 1. The third-order valence-corrected chi connectivity index (χ3v) is 4.80. The highest BCUT2D eigenvalue weighted by Crippen LogP contribution is 2.42. The molecule has 3 rings (SSSR count). The molecule has 0 spiro atoms. The van der Waals surface area contributed by atoms with E-state index in [4.69, 9.17) is 4.42 Å². The molecule has 0 aliphatic carbocycles. The Hall–Kier alpha value is -2.94. The fourth-order valence-corrected chi connectivity index (χ4v) is 3.44. The predicted molar refractivity (Wildman–Crippen MR) is 99.3 cm³/mol. The Morgan fingerprint density at radius 2 is 1.08 bits per heavy atom. The second-order valence-corrected chi connectivity index (χ2v) is 6.24. The molecule has 126 valence electrons. The smallest absolute Gasteiger partial charge is 0.150 e. The average Bonchev–Trinajstić information content (AvgIpc) is 2.89. The van der Waals surface area contributed by atoms with Crippen LogP contribution in [0.4, 0.5) is 0 Å². The minimum Gasteiger partial charge on any atom is -0.465 e. The van der Waals surface area contributed by atoms with E-state index in [-0.39, 0.29) is 0 Å². The van der Waals surface area contributed by atoms with Crippen LogP contribution in [0, 0.1) is 27.7 Å². The van der Waals surface area contributed by atoms with Crippen LogP contribution < -0.4 is 0 Å². The number of aldehydes is 2. The molecule has 0 fully saturated rings. The molecule has 0 N–H and O–H groups in total. The summed E-state index contributed by atoms with van der Waals surface area (Å²) in [6.07, 6.45) is 1.75. The third-order valence-electron chi connectivity index (χ3n) is 4.80. The summed E-state index contributed by atoms with van der Waals surface area (Å²) >= 11 is 0. The van der Waals surface area contributed by atoms with E-state index >= 15 is 0 Å². The summed E-state index contributed by atoms with van der Waals surface area (Å²) in [5.41, 5.74) is 7.09. The van der Waals surface area contributed by atoms with Crippen molar-refractivity contribution >= 4 is 12.6 Å². The van der Waals surface area contributed by atoms with E-state index in [9.17, 15) is 9.59 Å². The maximum Gasteiger partial charge on any atom is 0.150 e. The SMILES string of the molecule is Cc1oc(C)c(-c2cccc(C=O)c2C)c1-c1cccc(C=O)c1C. The molecule has 0 aliphatic rings. The van der Waals surface area contributed by atoms with Crippen molar-refractivity contribution in [3.05, 3.63) is 70.2 Å². The quantitative estimate of drug-likeness (QED) is 0.595. The van der Waals surface area contributed by atoms with Crippen LogP contribution in [0.3, 0.4) is 0 Å². The number of carbonyl (C=O) groups excluding carboxylic acids is 2. The minimum absolute atomic E-state index is 0.667. The summed E-state index contributed by atoms with van der Waals surface area (Å²) in [5, 5.41) is 0. The van der Waals surface area contributed by atoms with Crippen molar-refractivity contribution in [2.24, 2.45) is 0 Å². The highest BCUT2D eigenvalue weighted by molar-refractivity contribution is 5.93. The largest absolute Gasteiger partial charge is 0.465 e. The van der Waals surface area contributed by atoms with E-state index in [0.29, 0.717) is 11.1 Å². The van der Waals surface area contributed by atoms with Crippen LogP contribution in [0.5, 0.6) is 0 Å². The molecule has 0 saturated heterocycles. The first-order valence-corrected chi connectivity index (χ1v) is 8.20. The summed E-state index contributed by atoms with van der Waals surface area (Å²) in [7, 11) is 0. The van der Waals surface area contributed by atoms with Crippen molar-refractivity contribution < 1.29 is 14.0 Å². The van der Waals surface area contributed by atoms with E-state index in [0.717, 1.165) is 57.5 Å². The van der Waals surface area contributed by atoms with E-state index in [1.54, 1.807) is 0 Å². The average molecular weight is 332 g/mol. The van der Waals surface area contributed by atoms with Gasteiger partial charge in [0.25, 0.3) is 0 Å². The lowest BCUT2D eigenvalue weighted by Gasteiger charge is -2.13. The zero-order chi connectivity index (χ0) is 18.1. The number of rotatable bonds is 4. The topological polar surface area (TPSA) is 47.3 Å². The van der Waals surface area contributed by atoms with Gasteiger partial charge in [0.2, 0.25) is 0 Å². The molecule has 1 heterocycles. The van der Waals surface area contributed by atoms with Crippen molar-refractivity contribution in [1.82, 2.24) is 0 Å². The standard InChI is InChI=1S/C22H20O3/c1-13-17(11-23)7-5-9-19(13)21-15(3)25-16(4)22(21)20-10-6-8-18(12-24)14(20)2/h5-12H,1-4H3. The monoisotopic (exact) mass is 332 g/mol. The van der Waals surface area contributed by atoms with Crippen LogP contribution in [-0.2, 0) is 0 Å². The van der Waals surface area contributed by atoms with Crippen LogP contribution in [0.1, 0.15) is 43.4 Å². The van der Waals surface area contributed by atoms with Gasteiger partial charge in [0.05, 0.1) is 0 Å². The highest BCUT2D eigenvalue weighted by Gasteiger charge is 2.22. The van der Waals surface area contributed by atoms with E-state index in [1.165, 1.54) is 0 Å². The summed E-state index contributed by atoms with van der Waals surface area (Å²) < 4.78 is 5.93. The molecule has 0 atom stereocenters. The van der Waals surface area contributed by atoms with Gasteiger partial charge in [0, 0.05) is 22.3 Å². The van der Waals surface area contributed by atoms with Gasteiger partial charge in [0.15, 0.2) is 0 Å². The van der Waals surface area contributed by atoms with Crippen LogP contribution in [0.15, 0.2) is 40.8 Å². The molecular formula is C22H20O3. The van der Waals surface area contributed by atoms with Crippen molar-refractivity contribution in [2.45, 2.75) is 27.7 Å². The maximum atomic E-state index is 11.3. The van der Waals surface area contributed by atoms with Gasteiger partial charge in [-0.25, -0.2) is 0 Å². The zero-order valence-corrected chi connectivity index (χ0v) is 14.8. The first-order valence-electron chi connectivity index (χ1n) is 8.20. The molecule has 3 heteroatoms. The van der Waals surface area contributed by atoms with Gasteiger partial charge in [-0.05, 0) is 49.9 Å². The predicted octanol–water partition coefficient (Wildman–Crippen LogP) is 5.47. The van der Waals surface area contributed by atoms with Crippen LogP contribution in [0.25, 0.3) is 22.3 Å². The zero-order valence-electron chi connectivity index (χ0n) is 14.8. The lowest BCUT2D eigenvalue weighted by Crippen LogP contribution is -1.95. The Kier molecular flexibility index (Phi) is 4.41. The second kappa shape index (κ2) is 6.52. The number of carbonyl (C=O) groups is 2. The Balaban J connectivity index is 2.36. The van der Waals surface area contributed by atoms with Gasteiger partial charge in [0.1, 0.15) is 24.1 Å². The molecule has 0 radical (unpaired) electrons. The lowest BCUT2D eigenvalue weighted by molar-refractivity contribution is 0.111. The molecule has 25 heavy (non-hydrogen) atoms. The Labute approximate surface area is 147 Å². The minimum atomic E-state index is 0.667. The molecule has 0 aliphatic heterocycles. The van der Waals surface area contributed by atoms with Gasteiger partial charge in [-0.15, -0.1) is 0 Å². The van der Waals surface area contributed by atoms with Crippen molar-refractivity contribution in [3.8, 4) is 22.3 Å². The number of hydrogen-bond donors (Lipinski definition) is 0. The van der Waals surface area contributed by atoms with Gasteiger partial charge in [-0.2, -0.15) is 0 Å². The molecule has 0 saturated carbocycles. The molecule has 2 aromatic carbocycles. The van der Waals surface area contributed by atoms with Gasteiger partial charge in [-0.3, -0.25) is 9.59 Å². The van der Waals surface area contributed by atoms with E-state index in [2.05, 4.69) is 0 Å². The van der Waals surface area contributed by atoms with E-state index < -0.39 is 0 Å². The fourth-order valence-electron chi connectivity index (χ4n) is 3.44. The van der Waals surface area contributed by atoms with Gasteiger partial charge < -0.3 is 4.42 Å². The molecule has 0 amide bonds. The third kappa shape index (κ3) is 2.72. The molecule has 3 aromatic rings. The van der Waals surface area contributed by atoms with Crippen molar-refractivity contribution in [2.75, 3.05) is 0 Å². The highest BCUT2D eigenvalue weighted by atomic mass is 16.3. The normalized spacial score (nSPS) is 10.7. The number of benzene rings is 2. The first kappa shape index (κ1) is 16.9.